The first kappa shape index (κ1) is 14.3. The minimum Gasteiger partial charge on any atom is -0.386 e. The fourth-order valence-corrected chi connectivity index (χ4v) is 2.50. The molecule has 0 unspecified atom stereocenters. The second-order valence-corrected chi connectivity index (χ2v) is 5.38. The third-order valence-electron chi connectivity index (χ3n) is 2.81. The predicted octanol–water partition coefficient (Wildman–Crippen LogP) is -0.455. The molecule has 0 aromatic carbocycles. The molecule has 1 fully saturated rings. The molecular formula is C9H11BrFN3O5. The normalized spacial score (nSPS) is 34.5. The summed E-state index contributed by atoms with van der Waals surface area (Å²) in [7, 11) is 0. The highest BCUT2D eigenvalue weighted by molar-refractivity contribution is 9.10. The van der Waals surface area contributed by atoms with E-state index in [9.17, 15) is 19.4 Å². The molecule has 1 aliphatic rings. The fourth-order valence-electron chi connectivity index (χ4n) is 1.80. The van der Waals surface area contributed by atoms with Crippen molar-refractivity contribution >= 4 is 21.7 Å². The van der Waals surface area contributed by atoms with E-state index in [-0.39, 0.29) is 0 Å². The van der Waals surface area contributed by atoms with E-state index in [1.54, 1.807) is 0 Å². The number of anilines is 1. The molecule has 106 valence electrons. The Morgan fingerprint density at radius 3 is 2.79 bits per heavy atom. The number of aromatic nitrogens is 2. The zero-order chi connectivity index (χ0) is 14.4. The Morgan fingerprint density at radius 1 is 1.68 bits per heavy atom. The summed E-state index contributed by atoms with van der Waals surface area (Å²) in [6.07, 6.45) is -2.75. The zero-order valence-corrected chi connectivity index (χ0v) is 11.2. The van der Waals surface area contributed by atoms with Gasteiger partial charge in [-0.3, -0.25) is 9.77 Å². The van der Waals surface area contributed by atoms with Gasteiger partial charge in [-0.05, 0) is 22.9 Å². The van der Waals surface area contributed by atoms with Crippen molar-refractivity contribution in [3.05, 3.63) is 22.5 Å². The van der Waals surface area contributed by atoms with Gasteiger partial charge in [0.25, 0.3) is 0 Å². The van der Waals surface area contributed by atoms with Crippen LogP contribution in [0, 0.1) is 5.82 Å². The first-order valence-corrected chi connectivity index (χ1v) is 6.02. The van der Waals surface area contributed by atoms with E-state index < -0.39 is 40.3 Å². The van der Waals surface area contributed by atoms with Gasteiger partial charge in [-0.15, -0.1) is 0 Å². The molecule has 0 bridgehead atoms. The summed E-state index contributed by atoms with van der Waals surface area (Å²) in [5, 5.41) is 28.3. The molecule has 4 N–H and O–H groups in total. The van der Waals surface area contributed by atoms with Crippen LogP contribution in [0.15, 0.2) is 11.0 Å². The lowest BCUT2D eigenvalue weighted by molar-refractivity contribution is -0.0482. The van der Waals surface area contributed by atoms with Crippen molar-refractivity contribution in [2.45, 2.75) is 29.9 Å². The molecule has 2 rings (SSSR count). The zero-order valence-electron chi connectivity index (χ0n) is 9.62. The van der Waals surface area contributed by atoms with Crippen LogP contribution in [-0.2, 0) is 4.74 Å². The quantitative estimate of drug-likeness (QED) is 0.425. The summed E-state index contributed by atoms with van der Waals surface area (Å²) in [6, 6.07) is 0. The number of hydrogen-bond donors (Lipinski definition) is 4. The van der Waals surface area contributed by atoms with Crippen LogP contribution >= 0.6 is 15.9 Å². The highest BCUT2D eigenvalue weighted by Gasteiger charge is 2.53. The Morgan fingerprint density at radius 2 is 2.32 bits per heavy atom. The molecule has 0 aliphatic carbocycles. The second kappa shape index (κ2) is 4.80. The van der Waals surface area contributed by atoms with Crippen molar-refractivity contribution in [1.82, 2.24) is 9.55 Å². The summed E-state index contributed by atoms with van der Waals surface area (Å²) in [5.41, 5.74) is 0.458. The van der Waals surface area contributed by atoms with Crippen LogP contribution in [0.5, 0.6) is 0 Å². The first-order chi connectivity index (χ1) is 8.78. The smallest absolute Gasteiger partial charge is 0.352 e. The lowest BCUT2D eigenvalue weighted by Crippen LogP contribution is -2.43. The van der Waals surface area contributed by atoms with Crippen molar-refractivity contribution in [1.29, 1.82) is 0 Å². The summed E-state index contributed by atoms with van der Waals surface area (Å²) in [6.45, 7) is 1.48. The number of aliphatic hydroxyl groups is 2. The number of rotatable bonds is 2. The van der Waals surface area contributed by atoms with Crippen molar-refractivity contribution in [3.8, 4) is 0 Å². The molecule has 0 amide bonds. The average Bonchev–Trinajstić information content (AvgIpc) is 2.55. The maximum absolute atomic E-state index is 13.5. The summed E-state index contributed by atoms with van der Waals surface area (Å²) in [4.78, 5) is 14.9. The van der Waals surface area contributed by atoms with Gasteiger partial charge in [-0.2, -0.15) is 4.98 Å². The van der Waals surface area contributed by atoms with Crippen molar-refractivity contribution in [3.63, 3.8) is 0 Å². The van der Waals surface area contributed by atoms with E-state index in [2.05, 4.69) is 20.9 Å². The lowest BCUT2D eigenvalue weighted by atomic mass is 10.1. The van der Waals surface area contributed by atoms with Gasteiger partial charge in [0.2, 0.25) is 0 Å². The largest absolute Gasteiger partial charge is 0.386 e. The molecule has 0 saturated carbocycles. The summed E-state index contributed by atoms with van der Waals surface area (Å²) in [5.74, 6) is -1.67. The number of hydrogen-bond acceptors (Lipinski definition) is 7. The number of nitrogens with one attached hydrogen (secondary N) is 1. The van der Waals surface area contributed by atoms with E-state index in [1.807, 2.05) is 0 Å². The van der Waals surface area contributed by atoms with Crippen molar-refractivity contribution < 1.29 is 24.5 Å². The number of alkyl halides is 1. The van der Waals surface area contributed by atoms with Gasteiger partial charge >= 0.3 is 5.69 Å². The molecular weight excluding hydrogens is 329 g/mol. The molecule has 0 radical (unpaired) electrons. The van der Waals surface area contributed by atoms with Gasteiger partial charge in [-0.1, -0.05) is 0 Å². The minimum atomic E-state index is -1.96. The van der Waals surface area contributed by atoms with Crippen LogP contribution in [0.2, 0.25) is 0 Å². The second-order valence-electron chi connectivity index (χ2n) is 4.11. The molecule has 8 nitrogen and oxygen atoms in total. The highest BCUT2D eigenvalue weighted by atomic mass is 79.9. The number of nitrogens with zero attached hydrogens (tertiary/aromatic N) is 2. The Kier molecular flexibility index (Phi) is 3.62. The maximum Gasteiger partial charge on any atom is 0.352 e. The van der Waals surface area contributed by atoms with Gasteiger partial charge < -0.3 is 14.9 Å². The van der Waals surface area contributed by atoms with Crippen molar-refractivity contribution in [2.24, 2.45) is 0 Å². The van der Waals surface area contributed by atoms with Crippen LogP contribution in [0.25, 0.3) is 0 Å². The van der Waals surface area contributed by atoms with Crippen molar-refractivity contribution in [2.75, 3.05) is 5.48 Å². The predicted molar refractivity (Wildman–Crippen MR) is 63.3 cm³/mol. The standard InChI is InChI=1S/C9H11BrFN3O5/c1-3-5(15)9(10,17)7(19-3)14-2-4(11)6(13-18)12-8(14)16/h2-3,5,7,15,17-18H,1H3,(H,12,13,16)/t3-,5-,7-,9-/m1/s1. The van der Waals surface area contributed by atoms with E-state index >= 15 is 0 Å². The molecule has 1 aromatic heterocycles. The molecule has 1 aromatic rings. The molecule has 10 heteroatoms. The van der Waals surface area contributed by atoms with E-state index in [1.165, 1.54) is 12.4 Å². The number of aliphatic hydroxyl groups excluding tert-OH is 1. The molecule has 2 heterocycles. The third-order valence-corrected chi connectivity index (χ3v) is 3.68. The van der Waals surface area contributed by atoms with E-state index in [0.717, 1.165) is 0 Å². The molecule has 4 atom stereocenters. The Bertz CT molecular complexity index is 551. The van der Waals surface area contributed by atoms with E-state index in [0.29, 0.717) is 10.8 Å². The van der Waals surface area contributed by atoms with Gasteiger partial charge in [0.15, 0.2) is 22.4 Å². The van der Waals surface area contributed by atoms with Crippen LogP contribution in [-0.4, -0.2) is 41.7 Å². The topological polar surface area (TPSA) is 117 Å². The van der Waals surface area contributed by atoms with Gasteiger partial charge in [-0.25, -0.2) is 14.7 Å². The molecule has 1 aliphatic heterocycles. The highest BCUT2D eigenvalue weighted by Crippen LogP contribution is 2.42. The minimum absolute atomic E-state index is 0.647. The monoisotopic (exact) mass is 339 g/mol. The maximum atomic E-state index is 13.5. The van der Waals surface area contributed by atoms with Gasteiger partial charge in [0.05, 0.1) is 12.3 Å². The van der Waals surface area contributed by atoms with Crippen LogP contribution in [0.4, 0.5) is 10.2 Å². The molecule has 0 spiro atoms. The van der Waals surface area contributed by atoms with Crippen LogP contribution in [0.3, 0.4) is 0 Å². The number of halogens is 2. The van der Waals surface area contributed by atoms with Gasteiger partial charge in [0, 0.05) is 0 Å². The third kappa shape index (κ3) is 2.25. The molecule has 1 saturated heterocycles. The van der Waals surface area contributed by atoms with Gasteiger partial charge in [0.1, 0.15) is 6.10 Å². The molecule has 19 heavy (non-hydrogen) atoms. The van der Waals surface area contributed by atoms with Crippen LogP contribution in [0.1, 0.15) is 13.2 Å². The SMILES string of the molecule is C[C@H]1O[C@@H](n2cc(F)c(NO)nc2=O)[C@@](O)(Br)[C@@H]1O. The van der Waals surface area contributed by atoms with E-state index in [4.69, 9.17) is 9.94 Å². The Balaban J connectivity index is 2.49. The first-order valence-electron chi connectivity index (χ1n) is 5.22. The number of ether oxygens (including phenoxy) is 1. The Labute approximate surface area is 114 Å². The Hall–Kier alpha value is -1.07. The lowest BCUT2D eigenvalue weighted by Gasteiger charge is -2.25. The fraction of sp³-hybridized carbons (Fsp3) is 0.556. The summed E-state index contributed by atoms with van der Waals surface area (Å²) >= 11 is 2.85. The summed E-state index contributed by atoms with van der Waals surface area (Å²) < 4.78 is 17.4. The average molecular weight is 340 g/mol. The van der Waals surface area contributed by atoms with Crippen LogP contribution < -0.4 is 11.2 Å².